The number of carboxylic acids is 2. The summed E-state index contributed by atoms with van der Waals surface area (Å²) in [6.07, 6.45) is -0.282. The Morgan fingerprint density at radius 1 is 1.18 bits per heavy atom. The molecule has 0 heterocycles. The number of hydrogen-bond donors (Lipinski definition) is 2. The molecule has 0 saturated carbocycles. The fourth-order valence-electron chi connectivity index (χ4n) is 0.965. The highest BCUT2D eigenvalue weighted by molar-refractivity contribution is 5.76. The molecule has 0 fully saturated rings. The Morgan fingerprint density at radius 2 is 1.82 bits per heavy atom. The summed E-state index contributed by atoms with van der Waals surface area (Å²) in [5, 5.41) is 17.0. The van der Waals surface area contributed by atoms with Crippen molar-refractivity contribution < 1.29 is 34.4 Å². The lowest BCUT2D eigenvalue weighted by atomic mass is 10.2. The SMILES string of the molecule is CCCCC(OOC(=O)CCC(=O)O)C(=O)O. The molecule has 98 valence electrons. The molecule has 0 aliphatic heterocycles. The first-order chi connectivity index (χ1) is 7.97. The van der Waals surface area contributed by atoms with E-state index in [1.807, 2.05) is 6.92 Å². The summed E-state index contributed by atoms with van der Waals surface area (Å²) in [7, 11) is 0. The van der Waals surface area contributed by atoms with Crippen LogP contribution in [0.1, 0.15) is 39.0 Å². The third-order valence-corrected chi connectivity index (χ3v) is 1.90. The molecule has 7 nitrogen and oxygen atoms in total. The van der Waals surface area contributed by atoms with Crippen molar-refractivity contribution in [3.8, 4) is 0 Å². The highest BCUT2D eigenvalue weighted by atomic mass is 17.2. The largest absolute Gasteiger partial charge is 0.481 e. The predicted molar refractivity (Wildman–Crippen MR) is 55.0 cm³/mol. The quantitative estimate of drug-likeness (QED) is 0.462. The number of carbonyl (C=O) groups excluding carboxylic acids is 1. The molecule has 17 heavy (non-hydrogen) atoms. The fourth-order valence-corrected chi connectivity index (χ4v) is 0.965. The van der Waals surface area contributed by atoms with Gasteiger partial charge < -0.3 is 10.2 Å². The topological polar surface area (TPSA) is 110 Å². The molecule has 0 radical (unpaired) electrons. The van der Waals surface area contributed by atoms with Gasteiger partial charge in [-0.25, -0.2) is 9.59 Å². The number of aliphatic carboxylic acids is 2. The second-order valence-corrected chi connectivity index (χ2v) is 3.41. The molecule has 0 aliphatic rings. The van der Waals surface area contributed by atoms with Gasteiger partial charge in [0.15, 0.2) is 0 Å². The van der Waals surface area contributed by atoms with E-state index in [0.29, 0.717) is 6.42 Å². The second-order valence-electron chi connectivity index (χ2n) is 3.41. The van der Waals surface area contributed by atoms with Crippen LogP contribution < -0.4 is 0 Å². The summed E-state index contributed by atoms with van der Waals surface area (Å²) in [5.74, 6) is -3.25. The van der Waals surface area contributed by atoms with E-state index in [2.05, 4.69) is 9.78 Å². The number of unbranched alkanes of at least 4 members (excludes halogenated alkanes) is 1. The van der Waals surface area contributed by atoms with Gasteiger partial charge in [-0.3, -0.25) is 9.68 Å². The molecule has 2 N–H and O–H groups in total. The van der Waals surface area contributed by atoms with Gasteiger partial charge in [-0.2, -0.15) is 4.89 Å². The monoisotopic (exact) mass is 248 g/mol. The van der Waals surface area contributed by atoms with Gasteiger partial charge in [0.05, 0.1) is 12.8 Å². The summed E-state index contributed by atoms with van der Waals surface area (Å²) in [6, 6.07) is 0. The average molecular weight is 248 g/mol. The molecular weight excluding hydrogens is 232 g/mol. The van der Waals surface area contributed by atoms with Crippen molar-refractivity contribution in [2.75, 3.05) is 0 Å². The molecule has 0 aromatic heterocycles. The van der Waals surface area contributed by atoms with E-state index in [9.17, 15) is 14.4 Å². The van der Waals surface area contributed by atoms with Crippen molar-refractivity contribution in [2.24, 2.45) is 0 Å². The Labute approximate surface area is 98.3 Å². The standard InChI is InChI=1S/C10H16O7/c1-2-3-4-7(10(14)15)16-17-9(13)6-5-8(11)12/h7H,2-6H2,1H3,(H,11,12)(H,14,15). The number of carbonyl (C=O) groups is 3. The number of carboxylic acid groups (broad SMARTS) is 2. The Morgan fingerprint density at radius 3 is 2.29 bits per heavy atom. The maximum absolute atomic E-state index is 10.9. The maximum Gasteiger partial charge on any atom is 0.342 e. The van der Waals surface area contributed by atoms with Crippen molar-refractivity contribution in [2.45, 2.75) is 45.1 Å². The van der Waals surface area contributed by atoms with Crippen molar-refractivity contribution in [3.05, 3.63) is 0 Å². The minimum absolute atomic E-state index is 0.234. The van der Waals surface area contributed by atoms with E-state index in [1.54, 1.807) is 0 Å². The molecule has 0 aromatic rings. The van der Waals surface area contributed by atoms with E-state index in [1.165, 1.54) is 0 Å². The summed E-state index contributed by atoms with van der Waals surface area (Å²) >= 11 is 0. The van der Waals surface area contributed by atoms with E-state index < -0.39 is 24.0 Å². The van der Waals surface area contributed by atoms with Gasteiger partial charge in [0.25, 0.3) is 0 Å². The van der Waals surface area contributed by atoms with Crippen LogP contribution in [-0.4, -0.2) is 34.2 Å². The Hall–Kier alpha value is -1.63. The van der Waals surface area contributed by atoms with Gasteiger partial charge in [0, 0.05) is 0 Å². The molecular formula is C10H16O7. The van der Waals surface area contributed by atoms with E-state index >= 15 is 0 Å². The Balaban J connectivity index is 3.90. The van der Waals surface area contributed by atoms with Crippen LogP contribution in [-0.2, 0) is 24.2 Å². The van der Waals surface area contributed by atoms with Crippen molar-refractivity contribution in [1.29, 1.82) is 0 Å². The molecule has 0 amide bonds. The van der Waals surface area contributed by atoms with Crippen LogP contribution in [0.25, 0.3) is 0 Å². The average Bonchev–Trinajstić information content (AvgIpc) is 2.25. The van der Waals surface area contributed by atoms with E-state index in [4.69, 9.17) is 10.2 Å². The lowest BCUT2D eigenvalue weighted by Crippen LogP contribution is -2.25. The van der Waals surface area contributed by atoms with Crippen molar-refractivity contribution in [3.63, 3.8) is 0 Å². The van der Waals surface area contributed by atoms with Gasteiger partial charge in [-0.05, 0) is 6.42 Å². The molecule has 0 rings (SSSR count). The minimum atomic E-state index is -1.22. The van der Waals surface area contributed by atoms with E-state index in [0.717, 1.165) is 6.42 Å². The zero-order valence-corrected chi connectivity index (χ0v) is 9.55. The van der Waals surface area contributed by atoms with Crippen LogP contribution >= 0.6 is 0 Å². The molecule has 1 unspecified atom stereocenters. The lowest BCUT2D eigenvalue weighted by molar-refractivity contribution is -0.296. The predicted octanol–water partition coefficient (Wildman–Crippen LogP) is 0.969. The van der Waals surface area contributed by atoms with E-state index in [-0.39, 0.29) is 19.3 Å². The zero-order valence-electron chi connectivity index (χ0n) is 9.55. The van der Waals surface area contributed by atoms with Crippen LogP contribution in [0.3, 0.4) is 0 Å². The lowest BCUT2D eigenvalue weighted by Gasteiger charge is -2.10. The second kappa shape index (κ2) is 8.51. The highest BCUT2D eigenvalue weighted by Crippen LogP contribution is 2.06. The normalized spacial score (nSPS) is 11.8. The van der Waals surface area contributed by atoms with Gasteiger partial charge in [-0.1, -0.05) is 19.8 Å². The Kier molecular flexibility index (Phi) is 7.70. The Bertz CT molecular complexity index is 274. The van der Waals surface area contributed by atoms with Gasteiger partial charge >= 0.3 is 17.9 Å². The van der Waals surface area contributed by atoms with Crippen molar-refractivity contribution in [1.82, 2.24) is 0 Å². The van der Waals surface area contributed by atoms with Crippen LogP contribution in [0.2, 0.25) is 0 Å². The third-order valence-electron chi connectivity index (χ3n) is 1.90. The summed E-state index contributed by atoms with van der Waals surface area (Å²) in [6.45, 7) is 1.89. The number of hydrogen-bond acceptors (Lipinski definition) is 5. The summed E-state index contributed by atoms with van der Waals surface area (Å²) in [4.78, 5) is 40.5. The third kappa shape index (κ3) is 8.21. The first-order valence-corrected chi connectivity index (χ1v) is 5.28. The molecule has 0 aromatic carbocycles. The van der Waals surface area contributed by atoms with Crippen LogP contribution in [0.4, 0.5) is 0 Å². The smallest absolute Gasteiger partial charge is 0.342 e. The summed E-state index contributed by atoms with van der Waals surface area (Å²) < 4.78 is 0. The summed E-state index contributed by atoms with van der Waals surface area (Å²) in [5.41, 5.74) is 0. The van der Waals surface area contributed by atoms with Crippen LogP contribution in [0, 0.1) is 0 Å². The molecule has 0 aliphatic carbocycles. The maximum atomic E-state index is 10.9. The van der Waals surface area contributed by atoms with Gasteiger partial charge in [-0.15, -0.1) is 0 Å². The van der Waals surface area contributed by atoms with Gasteiger partial charge in [0.2, 0.25) is 6.10 Å². The zero-order chi connectivity index (χ0) is 13.3. The molecule has 7 heteroatoms. The minimum Gasteiger partial charge on any atom is -0.481 e. The fraction of sp³-hybridized carbons (Fsp3) is 0.700. The van der Waals surface area contributed by atoms with Gasteiger partial charge in [0.1, 0.15) is 0 Å². The van der Waals surface area contributed by atoms with Crippen molar-refractivity contribution >= 4 is 17.9 Å². The van der Waals surface area contributed by atoms with Crippen LogP contribution in [0.5, 0.6) is 0 Å². The molecule has 0 bridgehead atoms. The molecule has 1 atom stereocenters. The highest BCUT2D eigenvalue weighted by Gasteiger charge is 2.21. The molecule has 0 saturated heterocycles. The first kappa shape index (κ1) is 15.4. The first-order valence-electron chi connectivity index (χ1n) is 5.28. The molecule has 0 spiro atoms. The van der Waals surface area contributed by atoms with Crippen LogP contribution in [0.15, 0.2) is 0 Å². The number of rotatable bonds is 9.